The number of halogens is 1. The number of hydrogen-bond donors (Lipinski definition) is 3. The van der Waals surface area contributed by atoms with Gasteiger partial charge in [-0.2, -0.15) is 0 Å². The third kappa shape index (κ3) is 7.46. The van der Waals surface area contributed by atoms with Crippen LogP contribution in [0.25, 0.3) is 11.0 Å². The molecule has 3 fully saturated rings. The highest BCUT2D eigenvalue weighted by atomic mass is 32.2. The molecule has 16 heteroatoms. The third-order valence-corrected chi connectivity index (χ3v) is 14.2. The van der Waals surface area contributed by atoms with Crippen LogP contribution in [0.3, 0.4) is 0 Å². The van der Waals surface area contributed by atoms with Crippen LogP contribution in [-0.2, 0) is 30.8 Å². The lowest BCUT2D eigenvalue weighted by atomic mass is 10.0. The standard InChI is InChI=1S/C38H45FN6O7S2/c1-4-26-34(42-31-25(39)12-10-14-27(31)40-26)52-24-19-29-32(46)43-38(36(49)44-54(50,51)37(3)17-18-37)20-23(38)11-8-6-5-7-9-13-28(35(48)45(29)21-24)41-33(47)30-16-15-22(2)53-30/h8,10-12,14-16,23-24,28-29H,4-7,9,13,17-21H2,1-3H3,(H,41,47)(H,43,46)(H,44,49)/b11-8-/t23?,24-,28+,29+,38-/m1/s1. The van der Waals surface area contributed by atoms with Gasteiger partial charge in [-0.1, -0.05) is 38.0 Å². The Bertz CT molecular complexity index is 2140. The monoisotopic (exact) mass is 780 g/mol. The summed E-state index contributed by atoms with van der Waals surface area (Å²) in [6, 6.07) is 5.88. The number of carbonyl (C=O) groups is 4. The quantitative estimate of drug-likeness (QED) is 0.282. The van der Waals surface area contributed by atoms with Gasteiger partial charge in [0.1, 0.15) is 34.9 Å². The highest BCUT2D eigenvalue weighted by Gasteiger charge is 2.63. The SMILES string of the molecule is CCc1nc2cccc(F)c2nc1O[C@@H]1C[C@H]2C(=O)N[C@]3(C(=O)NS(=O)(=O)C4(C)CC4)CC3/C=C\CCCCC[C@H](NC(=O)c3ccc(C)s3)C(=O)N2C1. The molecule has 0 radical (unpaired) electrons. The summed E-state index contributed by atoms with van der Waals surface area (Å²) in [7, 11) is -4.00. The van der Waals surface area contributed by atoms with Crippen molar-refractivity contribution in [1.82, 2.24) is 30.2 Å². The molecule has 2 saturated carbocycles. The second-order valence-electron chi connectivity index (χ2n) is 15.1. The van der Waals surface area contributed by atoms with E-state index in [0.717, 1.165) is 17.7 Å². The topological polar surface area (TPSA) is 177 Å². The van der Waals surface area contributed by atoms with Gasteiger partial charge >= 0.3 is 0 Å². The lowest BCUT2D eigenvalue weighted by molar-refractivity contribution is -0.141. The van der Waals surface area contributed by atoms with E-state index in [1.165, 1.54) is 22.3 Å². The van der Waals surface area contributed by atoms with Crippen molar-refractivity contribution < 1.29 is 36.7 Å². The highest BCUT2D eigenvalue weighted by Crippen LogP contribution is 2.47. The summed E-state index contributed by atoms with van der Waals surface area (Å²) >= 11 is 1.31. The summed E-state index contributed by atoms with van der Waals surface area (Å²) in [4.78, 5) is 68.0. The largest absolute Gasteiger partial charge is 0.471 e. The molecule has 1 unspecified atom stereocenters. The molecule has 3 N–H and O–H groups in total. The summed E-state index contributed by atoms with van der Waals surface area (Å²) in [6.45, 7) is 5.25. The molecule has 4 heterocycles. The van der Waals surface area contributed by atoms with E-state index in [9.17, 15) is 32.0 Å². The van der Waals surface area contributed by atoms with Crippen molar-refractivity contribution in [3.05, 3.63) is 63.7 Å². The van der Waals surface area contributed by atoms with Gasteiger partial charge in [-0.15, -0.1) is 11.3 Å². The summed E-state index contributed by atoms with van der Waals surface area (Å²) in [5, 5.41) is 5.78. The molecule has 0 spiro atoms. The van der Waals surface area contributed by atoms with E-state index < -0.39 is 73.9 Å². The molecule has 5 atom stereocenters. The van der Waals surface area contributed by atoms with E-state index in [1.807, 2.05) is 32.1 Å². The zero-order chi connectivity index (χ0) is 38.4. The van der Waals surface area contributed by atoms with Crippen molar-refractivity contribution in [2.45, 2.75) is 113 Å². The Morgan fingerprint density at radius 1 is 1.13 bits per heavy atom. The predicted octanol–water partition coefficient (Wildman–Crippen LogP) is 4.24. The van der Waals surface area contributed by atoms with Crippen molar-refractivity contribution in [3.63, 3.8) is 0 Å². The number of nitrogens with one attached hydrogen (secondary N) is 3. The van der Waals surface area contributed by atoms with Crippen LogP contribution in [0.1, 0.15) is 91.9 Å². The number of rotatable bonds is 8. The number of fused-ring (bicyclic) bond motifs is 3. The molecular weight excluding hydrogens is 736 g/mol. The van der Waals surface area contributed by atoms with Crippen molar-refractivity contribution in [2.24, 2.45) is 5.92 Å². The first-order chi connectivity index (χ1) is 25.7. The smallest absolute Gasteiger partial charge is 0.262 e. The minimum atomic E-state index is -4.00. The van der Waals surface area contributed by atoms with Gasteiger partial charge in [0, 0.05) is 17.2 Å². The van der Waals surface area contributed by atoms with Crippen molar-refractivity contribution in [3.8, 4) is 5.88 Å². The van der Waals surface area contributed by atoms with Crippen molar-refractivity contribution in [2.75, 3.05) is 6.54 Å². The zero-order valence-electron chi connectivity index (χ0n) is 30.5. The first-order valence-electron chi connectivity index (χ1n) is 18.6. The highest BCUT2D eigenvalue weighted by molar-refractivity contribution is 7.91. The second kappa shape index (κ2) is 14.7. The number of thiophene rings is 1. The maximum atomic E-state index is 14.8. The number of ether oxygens (including phenoxy) is 1. The summed E-state index contributed by atoms with van der Waals surface area (Å²) < 4.78 is 48.6. The van der Waals surface area contributed by atoms with Crippen LogP contribution in [0.5, 0.6) is 5.88 Å². The molecule has 7 rings (SSSR count). The summed E-state index contributed by atoms with van der Waals surface area (Å²) in [6.07, 6.45) is 7.63. The van der Waals surface area contributed by atoms with Gasteiger partial charge in [0.15, 0.2) is 5.82 Å². The number of aryl methyl sites for hydroxylation is 2. The molecule has 1 aromatic carbocycles. The van der Waals surface area contributed by atoms with Crippen LogP contribution in [-0.4, -0.2) is 81.9 Å². The van der Waals surface area contributed by atoms with Crippen molar-refractivity contribution >= 4 is 56.0 Å². The average molecular weight is 781 g/mol. The maximum absolute atomic E-state index is 14.8. The van der Waals surface area contributed by atoms with Crippen LogP contribution < -0.4 is 20.1 Å². The second-order valence-corrected chi connectivity index (χ2v) is 18.6. The number of sulfonamides is 1. The lowest BCUT2D eigenvalue weighted by Crippen LogP contribution is -2.58. The normalized spacial score (nSPS) is 27.4. The van der Waals surface area contributed by atoms with E-state index in [2.05, 4.69) is 25.3 Å². The fraction of sp³-hybridized carbons (Fsp3) is 0.526. The van der Waals surface area contributed by atoms with E-state index in [0.29, 0.717) is 54.6 Å². The first-order valence-corrected chi connectivity index (χ1v) is 20.9. The molecule has 4 amide bonds. The zero-order valence-corrected chi connectivity index (χ0v) is 32.2. The number of nitrogens with zero attached hydrogens (tertiary/aromatic N) is 3. The Morgan fingerprint density at radius 2 is 1.93 bits per heavy atom. The van der Waals surface area contributed by atoms with Crippen molar-refractivity contribution in [1.29, 1.82) is 0 Å². The summed E-state index contributed by atoms with van der Waals surface area (Å²) in [5.41, 5.74) is -0.685. The van der Waals surface area contributed by atoms with E-state index >= 15 is 0 Å². The molecule has 3 aromatic rings. The average Bonchev–Trinajstić information content (AvgIpc) is 3.94. The van der Waals surface area contributed by atoms with Crippen LogP contribution in [0.2, 0.25) is 0 Å². The fourth-order valence-electron chi connectivity index (χ4n) is 7.28. The number of amides is 4. The number of allylic oxidation sites excluding steroid dienone is 1. The minimum Gasteiger partial charge on any atom is -0.471 e. The fourth-order valence-corrected chi connectivity index (χ4v) is 9.36. The maximum Gasteiger partial charge on any atom is 0.262 e. The first kappa shape index (κ1) is 37.9. The number of hydrogen-bond acceptors (Lipinski definition) is 10. The summed E-state index contributed by atoms with van der Waals surface area (Å²) in [5.74, 6) is -3.31. The van der Waals surface area contributed by atoms with Crippen LogP contribution in [0.15, 0.2) is 42.5 Å². The van der Waals surface area contributed by atoms with E-state index in [1.54, 1.807) is 25.1 Å². The van der Waals surface area contributed by atoms with Crippen LogP contribution >= 0.6 is 11.3 Å². The molecular formula is C38H45FN6O7S2. The van der Waals surface area contributed by atoms with Gasteiger partial charge in [0.2, 0.25) is 27.7 Å². The lowest BCUT2D eigenvalue weighted by Gasteiger charge is -2.30. The molecule has 1 saturated heterocycles. The molecule has 288 valence electrons. The Hall–Kier alpha value is -4.44. The Labute approximate surface area is 317 Å². The molecule has 4 aliphatic rings. The van der Waals surface area contributed by atoms with Gasteiger partial charge in [0.05, 0.1) is 21.7 Å². The Kier molecular flexibility index (Phi) is 10.3. The van der Waals surface area contributed by atoms with Gasteiger partial charge < -0.3 is 20.3 Å². The minimum absolute atomic E-state index is 0.0168. The molecule has 2 aliphatic heterocycles. The van der Waals surface area contributed by atoms with Gasteiger partial charge in [-0.3, -0.25) is 23.9 Å². The molecule has 2 aromatic heterocycles. The van der Waals surface area contributed by atoms with Crippen LogP contribution in [0, 0.1) is 18.7 Å². The van der Waals surface area contributed by atoms with Gasteiger partial charge in [-0.25, -0.2) is 22.8 Å². The number of aromatic nitrogens is 2. The predicted molar refractivity (Wildman–Crippen MR) is 200 cm³/mol. The van der Waals surface area contributed by atoms with E-state index in [-0.39, 0.29) is 30.8 Å². The number of para-hydroxylation sites is 1. The number of carbonyl (C=O) groups excluding carboxylic acids is 4. The Balaban J connectivity index is 1.21. The molecule has 0 bridgehead atoms. The molecule has 2 aliphatic carbocycles. The van der Waals surface area contributed by atoms with E-state index in [4.69, 9.17) is 4.74 Å². The Morgan fingerprint density at radius 3 is 2.65 bits per heavy atom. The third-order valence-electron chi connectivity index (χ3n) is 11.0. The number of benzene rings is 1. The molecule has 13 nitrogen and oxygen atoms in total. The van der Waals surface area contributed by atoms with Crippen LogP contribution in [0.4, 0.5) is 4.39 Å². The van der Waals surface area contributed by atoms with Gasteiger partial charge in [-0.05, 0) is 83.1 Å². The van der Waals surface area contributed by atoms with Gasteiger partial charge in [0.25, 0.3) is 11.8 Å². The molecule has 54 heavy (non-hydrogen) atoms.